The summed E-state index contributed by atoms with van der Waals surface area (Å²) in [6.45, 7) is 3.99. The predicted octanol–water partition coefficient (Wildman–Crippen LogP) is 4.88. The predicted molar refractivity (Wildman–Crippen MR) is 104 cm³/mol. The van der Waals surface area contributed by atoms with Crippen LogP contribution >= 0.6 is 11.6 Å². The first-order valence-corrected chi connectivity index (χ1v) is 9.09. The van der Waals surface area contributed by atoms with Crippen LogP contribution < -0.4 is 5.32 Å². The molecular weight excluding hydrogens is 346 g/mol. The minimum atomic E-state index is 0.00538. The van der Waals surface area contributed by atoms with E-state index >= 15 is 0 Å². The van der Waals surface area contributed by atoms with Crippen molar-refractivity contribution in [3.05, 3.63) is 76.6 Å². The molecular formula is C21H20ClN3O. The number of nitrogens with zero attached hydrogens (tertiary/aromatic N) is 2. The zero-order chi connectivity index (χ0) is 18.3. The van der Waals surface area contributed by atoms with Gasteiger partial charge in [-0.15, -0.1) is 0 Å². The maximum Gasteiger partial charge on any atom is 0.228 e. The molecule has 4 nitrogen and oxygen atoms in total. The summed E-state index contributed by atoms with van der Waals surface area (Å²) in [4.78, 5) is 12.6. The molecule has 2 atom stereocenters. The Bertz CT molecular complexity index is 979. The molecule has 0 radical (unpaired) electrons. The van der Waals surface area contributed by atoms with Crippen LogP contribution in [0, 0.1) is 19.8 Å². The highest BCUT2D eigenvalue weighted by Gasteiger charge is 2.43. The maximum atomic E-state index is 12.6. The molecule has 2 unspecified atom stereocenters. The summed E-state index contributed by atoms with van der Waals surface area (Å²) in [7, 11) is 0. The number of aryl methyl sites for hydroxylation is 2. The van der Waals surface area contributed by atoms with Crippen molar-refractivity contribution in [1.29, 1.82) is 0 Å². The second kappa shape index (κ2) is 6.61. The van der Waals surface area contributed by atoms with Crippen LogP contribution in [0.1, 0.15) is 29.3 Å². The van der Waals surface area contributed by atoms with Gasteiger partial charge in [-0.3, -0.25) is 4.79 Å². The third-order valence-corrected chi connectivity index (χ3v) is 5.01. The normalized spacial score (nSPS) is 18.6. The van der Waals surface area contributed by atoms with E-state index in [1.165, 1.54) is 0 Å². The Morgan fingerprint density at radius 1 is 1.15 bits per heavy atom. The number of rotatable bonds is 4. The van der Waals surface area contributed by atoms with Crippen molar-refractivity contribution in [3.8, 4) is 5.69 Å². The molecule has 26 heavy (non-hydrogen) atoms. The molecule has 2 aromatic carbocycles. The number of benzene rings is 2. The molecule has 4 rings (SSSR count). The van der Waals surface area contributed by atoms with Gasteiger partial charge in [-0.1, -0.05) is 29.8 Å². The van der Waals surface area contributed by atoms with E-state index in [0.29, 0.717) is 5.02 Å². The highest BCUT2D eigenvalue weighted by Crippen LogP contribution is 2.48. The summed E-state index contributed by atoms with van der Waals surface area (Å²) < 4.78 is 1.89. The number of hydrogen-bond donors (Lipinski definition) is 1. The van der Waals surface area contributed by atoms with Crippen LogP contribution in [0.4, 0.5) is 5.69 Å². The van der Waals surface area contributed by atoms with Gasteiger partial charge in [0.25, 0.3) is 0 Å². The molecule has 1 aliphatic rings. The van der Waals surface area contributed by atoms with Crippen LogP contribution in [0.3, 0.4) is 0 Å². The molecule has 1 N–H and O–H groups in total. The summed E-state index contributed by atoms with van der Waals surface area (Å²) in [6.07, 6.45) is 0.864. The number of halogens is 1. The first-order chi connectivity index (χ1) is 12.5. The fourth-order valence-corrected chi connectivity index (χ4v) is 3.63. The molecule has 1 amide bonds. The number of carbonyl (C=O) groups excluding carboxylic acids is 1. The summed E-state index contributed by atoms with van der Waals surface area (Å²) in [6, 6.07) is 17.6. The average Bonchev–Trinajstić information content (AvgIpc) is 3.34. The van der Waals surface area contributed by atoms with Gasteiger partial charge in [0.2, 0.25) is 5.91 Å². The lowest BCUT2D eigenvalue weighted by atomic mass is 10.1. The Labute approximate surface area is 157 Å². The smallest absolute Gasteiger partial charge is 0.228 e. The zero-order valence-corrected chi connectivity index (χ0v) is 15.5. The van der Waals surface area contributed by atoms with Crippen LogP contribution in [0.5, 0.6) is 0 Å². The minimum Gasteiger partial charge on any atom is -0.326 e. The molecule has 1 aliphatic carbocycles. The van der Waals surface area contributed by atoms with Crippen molar-refractivity contribution in [2.75, 3.05) is 5.32 Å². The molecule has 0 spiro atoms. The first kappa shape index (κ1) is 16.9. The molecule has 1 saturated carbocycles. The van der Waals surface area contributed by atoms with E-state index in [2.05, 4.69) is 10.4 Å². The highest BCUT2D eigenvalue weighted by molar-refractivity contribution is 6.30. The zero-order valence-electron chi connectivity index (χ0n) is 14.7. The molecule has 1 heterocycles. The molecule has 5 heteroatoms. The highest BCUT2D eigenvalue weighted by atomic mass is 35.5. The standard InChI is InChI=1S/C21H20ClN3O/c1-13-9-14(2)25(24-13)18-8-4-7-17(11-18)23-21(26)20-12-19(20)15-5-3-6-16(22)10-15/h3-11,19-20H,12H2,1-2H3,(H,23,26). The Morgan fingerprint density at radius 2 is 1.96 bits per heavy atom. The van der Waals surface area contributed by atoms with Gasteiger partial charge in [-0.2, -0.15) is 5.10 Å². The second-order valence-corrected chi connectivity index (χ2v) is 7.32. The molecule has 3 aromatic rings. The van der Waals surface area contributed by atoms with Crippen LogP contribution in [0.25, 0.3) is 5.69 Å². The van der Waals surface area contributed by atoms with Gasteiger partial charge in [0.05, 0.1) is 11.4 Å². The average molecular weight is 366 g/mol. The van der Waals surface area contributed by atoms with Crippen LogP contribution in [0.15, 0.2) is 54.6 Å². The molecule has 132 valence electrons. The van der Waals surface area contributed by atoms with Gasteiger partial charge in [-0.05, 0) is 68.1 Å². The molecule has 0 aliphatic heterocycles. The van der Waals surface area contributed by atoms with Crippen molar-refractivity contribution in [2.24, 2.45) is 5.92 Å². The fourth-order valence-electron chi connectivity index (χ4n) is 3.43. The molecule has 1 fully saturated rings. The second-order valence-electron chi connectivity index (χ2n) is 6.88. The van der Waals surface area contributed by atoms with Crippen LogP contribution in [-0.4, -0.2) is 15.7 Å². The lowest BCUT2D eigenvalue weighted by Crippen LogP contribution is -2.14. The number of amides is 1. The quantitative estimate of drug-likeness (QED) is 0.715. The summed E-state index contributed by atoms with van der Waals surface area (Å²) in [5.74, 6) is 0.319. The van der Waals surface area contributed by atoms with Crippen molar-refractivity contribution in [2.45, 2.75) is 26.2 Å². The van der Waals surface area contributed by atoms with Gasteiger partial charge in [0.15, 0.2) is 0 Å². The summed E-state index contributed by atoms with van der Waals surface area (Å²) >= 11 is 6.06. The van der Waals surface area contributed by atoms with E-state index in [-0.39, 0.29) is 17.7 Å². The third-order valence-electron chi connectivity index (χ3n) is 4.77. The fraction of sp³-hybridized carbons (Fsp3) is 0.238. The first-order valence-electron chi connectivity index (χ1n) is 8.71. The maximum absolute atomic E-state index is 12.6. The van der Waals surface area contributed by atoms with Crippen molar-refractivity contribution >= 4 is 23.2 Å². The van der Waals surface area contributed by atoms with Gasteiger partial charge in [-0.25, -0.2) is 4.68 Å². The number of hydrogen-bond acceptors (Lipinski definition) is 2. The summed E-state index contributed by atoms with van der Waals surface area (Å²) in [5, 5.41) is 8.26. The van der Waals surface area contributed by atoms with Crippen molar-refractivity contribution in [3.63, 3.8) is 0 Å². The van der Waals surface area contributed by atoms with Crippen LogP contribution in [0.2, 0.25) is 5.02 Å². The third kappa shape index (κ3) is 3.37. The van der Waals surface area contributed by atoms with E-state index in [1.54, 1.807) is 0 Å². The van der Waals surface area contributed by atoms with E-state index in [0.717, 1.165) is 34.7 Å². The van der Waals surface area contributed by atoms with E-state index in [4.69, 9.17) is 11.6 Å². The van der Waals surface area contributed by atoms with E-state index in [9.17, 15) is 4.79 Å². The number of aromatic nitrogens is 2. The Kier molecular flexibility index (Phi) is 4.29. The summed E-state index contributed by atoms with van der Waals surface area (Å²) in [5.41, 5.74) is 4.90. The number of carbonyl (C=O) groups is 1. The van der Waals surface area contributed by atoms with Gasteiger partial charge < -0.3 is 5.32 Å². The number of anilines is 1. The molecule has 0 bridgehead atoms. The van der Waals surface area contributed by atoms with Crippen LogP contribution in [-0.2, 0) is 4.79 Å². The van der Waals surface area contributed by atoms with E-state index < -0.39 is 0 Å². The lowest BCUT2D eigenvalue weighted by molar-refractivity contribution is -0.117. The van der Waals surface area contributed by atoms with E-state index in [1.807, 2.05) is 73.1 Å². The Balaban J connectivity index is 1.47. The Morgan fingerprint density at radius 3 is 2.69 bits per heavy atom. The van der Waals surface area contributed by atoms with Gasteiger partial charge in [0.1, 0.15) is 0 Å². The number of nitrogens with one attached hydrogen (secondary N) is 1. The minimum absolute atomic E-state index is 0.00538. The Hall–Kier alpha value is -2.59. The molecule has 1 aromatic heterocycles. The largest absolute Gasteiger partial charge is 0.326 e. The van der Waals surface area contributed by atoms with Crippen molar-refractivity contribution in [1.82, 2.24) is 9.78 Å². The lowest BCUT2D eigenvalue weighted by Gasteiger charge is -2.09. The van der Waals surface area contributed by atoms with Gasteiger partial charge in [0, 0.05) is 22.3 Å². The van der Waals surface area contributed by atoms with Gasteiger partial charge >= 0.3 is 0 Å². The van der Waals surface area contributed by atoms with Crippen molar-refractivity contribution < 1.29 is 4.79 Å². The monoisotopic (exact) mass is 365 g/mol. The topological polar surface area (TPSA) is 46.9 Å². The molecule has 0 saturated heterocycles. The SMILES string of the molecule is Cc1cc(C)n(-c2cccc(NC(=O)C3CC3c3cccc(Cl)c3)c2)n1.